The van der Waals surface area contributed by atoms with Crippen LogP contribution in [0.15, 0.2) is 24.3 Å². The summed E-state index contributed by atoms with van der Waals surface area (Å²) in [5.41, 5.74) is 0.628. The van der Waals surface area contributed by atoms with Crippen LogP contribution >= 0.6 is 0 Å². The molecule has 0 spiro atoms. The summed E-state index contributed by atoms with van der Waals surface area (Å²) in [5, 5.41) is 6.12. The lowest BCUT2D eigenvalue weighted by molar-refractivity contribution is 0.0951. The molecule has 1 aromatic rings. The van der Waals surface area contributed by atoms with Crippen molar-refractivity contribution in [3.8, 4) is 0 Å². The highest BCUT2D eigenvalue weighted by molar-refractivity contribution is 7.92. The normalized spacial score (nSPS) is 18.8. The number of benzene rings is 1. The van der Waals surface area contributed by atoms with E-state index in [0.29, 0.717) is 23.8 Å². The van der Waals surface area contributed by atoms with Crippen molar-refractivity contribution in [2.75, 3.05) is 24.1 Å². The van der Waals surface area contributed by atoms with Gasteiger partial charge in [0.25, 0.3) is 5.91 Å². The van der Waals surface area contributed by atoms with Gasteiger partial charge in [-0.3, -0.25) is 9.52 Å². The van der Waals surface area contributed by atoms with Crippen molar-refractivity contribution in [3.63, 3.8) is 0 Å². The van der Waals surface area contributed by atoms with E-state index in [1.807, 2.05) is 0 Å². The third kappa shape index (κ3) is 4.21. The Morgan fingerprint density at radius 1 is 1.40 bits per heavy atom. The van der Waals surface area contributed by atoms with E-state index in [9.17, 15) is 13.2 Å². The van der Waals surface area contributed by atoms with Crippen LogP contribution in [-0.2, 0) is 10.0 Å². The van der Waals surface area contributed by atoms with E-state index in [2.05, 4.69) is 15.4 Å². The molecule has 2 rings (SSSR count). The quantitative estimate of drug-likeness (QED) is 0.740. The van der Waals surface area contributed by atoms with Crippen molar-refractivity contribution < 1.29 is 13.2 Å². The third-order valence-corrected chi connectivity index (χ3v) is 3.73. The number of nitrogens with one attached hydrogen (secondary N) is 3. The van der Waals surface area contributed by atoms with Crippen molar-refractivity contribution in [3.05, 3.63) is 29.8 Å². The fraction of sp³-hybridized carbons (Fsp3) is 0.462. The molecule has 0 aromatic heterocycles. The molecule has 1 saturated heterocycles. The lowest BCUT2D eigenvalue weighted by Gasteiger charge is -2.14. The first-order valence-corrected chi connectivity index (χ1v) is 8.43. The topological polar surface area (TPSA) is 87.3 Å². The van der Waals surface area contributed by atoms with Crippen molar-refractivity contribution >= 4 is 21.6 Å². The Labute approximate surface area is 119 Å². The maximum Gasteiger partial charge on any atom is 0.253 e. The summed E-state index contributed by atoms with van der Waals surface area (Å²) in [6.45, 7) is 1.53. The summed E-state index contributed by atoms with van der Waals surface area (Å²) in [6, 6.07) is 6.86. The molecule has 1 heterocycles. The second-order valence-electron chi connectivity index (χ2n) is 4.92. The molecule has 1 atom stereocenters. The zero-order valence-electron chi connectivity index (χ0n) is 11.3. The maximum atomic E-state index is 12.1. The molecule has 1 fully saturated rings. The molecule has 0 saturated carbocycles. The Bertz CT molecular complexity index is 580. The Morgan fingerprint density at radius 3 is 2.80 bits per heavy atom. The Hall–Kier alpha value is -1.60. The minimum absolute atomic E-state index is 0.273. The van der Waals surface area contributed by atoms with Crippen LogP contribution in [-0.4, -0.2) is 39.7 Å². The summed E-state index contributed by atoms with van der Waals surface area (Å²) in [7, 11) is -3.41. The van der Waals surface area contributed by atoms with E-state index in [1.54, 1.807) is 24.3 Å². The van der Waals surface area contributed by atoms with Crippen LogP contribution in [0.1, 0.15) is 23.2 Å². The molecular weight excluding hydrogens is 278 g/mol. The van der Waals surface area contributed by atoms with Gasteiger partial charge in [-0.25, -0.2) is 8.42 Å². The molecule has 1 aromatic carbocycles. The Kier molecular flexibility index (Phi) is 4.61. The summed E-state index contributed by atoms with van der Waals surface area (Å²) in [5.74, 6) is -0.273. The molecule has 6 nitrogen and oxygen atoms in total. The molecule has 3 N–H and O–H groups in total. The van der Waals surface area contributed by atoms with Crippen LogP contribution in [0, 0.1) is 0 Å². The smallest absolute Gasteiger partial charge is 0.253 e. The molecule has 1 amide bonds. The van der Waals surface area contributed by atoms with E-state index >= 15 is 0 Å². The number of sulfonamides is 1. The predicted octanol–water partition coefficient (Wildman–Crippen LogP) is 0.540. The average molecular weight is 297 g/mol. The minimum atomic E-state index is -3.41. The lowest BCUT2D eigenvalue weighted by atomic mass is 10.1. The maximum absolute atomic E-state index is 12.1. The van der Waals surface area contributed by atoms with Crippen LogP contribution < -0.4 is 15.4 Å². The van der Waals surface area contributed by atoms with Gasteiger partial charge in [0.1, 0.15) is 0 Å². The van der Waals surface area contributed by atoms with Gasteiger partial charge in [0.05, 0.1) is 17.5 Å². The van der Waals surface area contributed by atoms with Gasteiger partial charge in [0, 0.05) is 12.6 Å². The minimum Gasteiger partial charge on any atom is -0.350 e. The van der Waals surface area contributed by atoms with E-state index in [0.717, 1.165) is 25.6 Å². The molecule has 1 unspecified atom stereocenters. The van der Waals surface area contributed by atoms with E-state index in [1.165, 1.54) is 0 Å². The standard InChI is InChI=1S/C13H19N3O3S/c1-20(18,19)16-12-7-3-2-6-11(12)13(17)15-9-10-5-4-8-14-10/h2-3,6-7,10,14,16H,4-5,8-9H2,1H3,(H,15,17). The van der Waals surface area contributed by atoms with Crippen LogP contribution in [0.3, 0.4) is 0 Å². The number of hydrogen-bond donors (Lipinski definition) is 3. The number of para-hydroxylation sites is 1. The Balaban J connectivity index is 2.05. The molecule has 7 heteroatoms. The van der Waals surface area contributed by atoms with Gasteiger partial charge in [-0.15, -0.1) is 0 Å². The third-order valence-electron chi connectivity index (χ3n) is 3.14. The van der Waals surface area contributed by atoms with Gasteiger partial charge < -0.3 is 10.6 Å². The van der Waals surface area contributed by atoms with Gasteiger partial charge >= 0.3 is 0 Å². The molecule has 0 bridgehead atoms. The van der Waals surface area contributed by atoms with Crippen LogP contribution in [0.25, 0.3) is 0 Å². The first-order chi connectivity index (χ1) is 9.46. The van der Waals surface area contributed by atoms with E-state index in [-0.39, 0.29) is 5.91 Å². The van der Waals surface area contributed by atoms with Crippen LogP contribution in [0.5, 0.6) is 0 Å². The lowest BCUT2D eigenvalue weighted by Crippen LogP contribution is -2.37. The zero-order valence-corrected chi connectivity index (χ0v) is 12.2. The van der Waals surface area contributed by atoms with Crippen LogP contribution in [0.2, 0.25) is 0 Å². The summed E-state index contributed by atoms with van der Waals surface area (Å²) < 4.78 is 24.9. The zero-order chi connectivity index (χ0) is 14.6. The van der Waals surface area contributed by atoms with Crippen LogP contribution in [0.4, 0.5) is 5.69 Å². The molecule has 0 radical (unpaired) electrons. The highest BCUT2D eigenvalue weighted by Gasteiger charge is 2.17. The number of amides is 1. The van der Waals surface area contributed by atoms with Crippen molar-refractivity contribution in [1.82, 2.24) is 10.6 Å². The highest BCUT2D eigenvalue weighted by atomic mass is 32.2. The van der Waals surface area contributed by atoms with E-state index < -0.39 is 10.0 Å². The molecule has 20 heavy (non-hydrogen) atoms. The summed E-state index contributed by atoms with van der Waals surface area (Å²) >= 11 is 0. The Morgan fingerprint density at radius 2 is 2.15 bits per heavy atom. The number of carbonyl (C=O) groups excluding carboxylic acids is 1. The number of anilines is 1. The molecule has 1 aliphatic heterocycles. The number of hydrogen-bond acceptors (Lipinski definition) is 4. The summed E-state index contributed by atoms with van der Waals surface area (Å²) in [6.07, 6.45) is 3.22. The molecule has 110 valence electrons. The average Bonchev–Trinajstić information content (AvgIpc) is 2.88. The monoisotopic (exact) mass is 297 g/mol. The fourth-order valence-electron chi connectivity index (χ4n) is 2.21. The highest BCUT2D eigenvalue weighted by Crippen LogP contribution is 2.16. The molecular formula is C13H19N3O3S. The van der Waals surface area contributed by atoms with Crippen molar-refractivity contribution in [2.24, 2.45) is 0 Å². The van der Waals surface area contributed by atoms with E-state index in [4.69, 9.17) is 0 Å². The largest absolute Gasteiger partial charge is 0.350 e. The van der Waals surface area contributed by atoms with Gasteiger partial charge in [0.15, 0.2) is 0 Å². The SMILES string of the molecule is CS(=O)(=O)Nc1ccccc1C(=O)NCC1CCCN1. The first-order valence-electron chi connectivity index (χ1n) is 6.54. The van der Waals surface area contributed by atoms with Gasteiger partial charge in [-0.1, -0.05) is 12.1 Å². The summed E-state index contributed by atoms with van der Waals surface area (Å²) in [4.78, 5) is 12.1. The van der Waals surface area contributed by atoms with Gasteiger partial charge in [0.2, 0.25) is 10.0 Å². The fourth-order valence-corrected chi connectivity index (χ4v) is 2.79. The predicted molar refractivity (Wildman–Crippen MR) is 78.3 cm³/mol. The number of rotatable bonds is 5. The second kappa shape index (κ2) is 6.23. The second-order valence-corrected chi connectivity index (χ2v) is 6.67. The molecule has 1 aliphatic rings. The molecule has 0 aliphatic carbocycles. The van der Waals surface area contributed by atoms with Crippen molar-refractivity contribution in [2.45, 2.75) is 18.9 Å². The number of carbonyl (C=O) groups is 1. The first kappa shape index (κ1) is 14.8. The van der Waals surface area contributed by atoms with Gasteiger partial charge in [-0.05, 0) is 31.5 Å². The van der Waals surface area contributed by atoms with Crippen molar-refractivity contribution in [1.29, 1.82) is 0 Å². The van der Waals surface area contributed by atoms with Gasteiger partial charge in [-0.2, -0.15) is 0 Å².